The molecular formula is C16H26N2O3S2. The van der Waals surface area contributed by atoms with Gasteiger partial charge in [0.2, 0.25) is 15.9 Å². The highest BCUT2D eigenvalue weighted by molar-refractivity contribution is 7.89. The smallest absolute Gasteiger partial charge is 0.244 e. The van der Waals surface area contributed by atoms with Crippen molar-refractivity contribution in [1.82, 2.24) is 9.21 Å². The summed E-state index contributed by atoms with van der Waals surface area (Å²) in [5.74, 6) is 0.108. The summed E-state index contributed by atoms with van der Waals surface area (Å²) in [5, 5.41) is 0. The van der Waals surface area contributed by atoms with Crippen LogP contribution in [0.4, 0.5) is 0 Å². The van der Waals surface area contributed by atoms with E-state index in [0.717, 1.165) is 9.75 Å². The zero-order valence-electron chi connectivity index (χ0n) is 14.5. The molecule has 130 valence electrons. The number of piperazine rings is 1. The number of sulfonamides is 1. The van der Waals surface area contributed by atoms with E-state index in [9.17, 15) is 13.2 Å². The summed E-state index contributed by atoms with van der Waals surface area (Å²) in [5.41, 5.74) is -0.0500. The lowest BCUT2D eigenvalue weighted by molar-refractivity contribution is -0.134. The average Bonchev–Trinajstić information content (AvgIpc) is 2.76. The van der Waals surface area contributed by atoms with Crippen molar-refractivity contribution in [1.29, 1.82) is 0 Å². The van der Waals surface area contributed by atoms with Crippen molar-refractivity contribution in [2.75, 3.05) is 26.2 Å². The molecule has 1 fully saturated rings. The van der Waals surface area contributed by atoms with Crippen molar-refractivity contribution in [3.63, 3.8) is 0 Å². The molecule has 1 aromatic heterocycles. The number of hydrogen-bond donors (Lipinski definition) is 0. The molecule has 1 amide bonds. The fourth-order valence-electron chi connectivity index (χ4n) is 2.75. The molecule has 2 rings (SSSR count). The minimum atomic E-state index is -3.45. The van der Waals surface area contributed by atoms with Gasteiger partial charge in [-0.15, -0.1) is 11.3 Å². The molecule has 0 saturated carbocycles. The monoisotopic (exact) mass is 358 g/mol. The predicted octanol–water partition coefficient (Wildman–Crippen LogP) is 2.63. The van der Waals surface area contributed by atoms with Crippen LogP contribution in [0.1, 0.15) is 36.9 Å². The Bertz CT molecular complexity index is 679. The first kappa shape index (κ1) is 18.4. The van der Waals surface area contributed by atoms with E-state index >= 15 is 0 Å². The Kier molecular flexibility index (Phi) is 5.23. The van der Waals surface area contributed by atoms with Gasteiger partial charge in [-0.25, -0.2) is 8.42 Å². The number of aryl methyl sites for hydroxylation is 2. The molecule has 0 unspecified atom stereocenters. The number of carbonyl (C=O) groups is 1. The van der Waals surface area contributed by atoms with Crippen LogP contribution in [-0.4, -0.2) is 49.7 Å². The minimum absolute atomic E-state index is 0.0500. The molecule has 1 saturated heterocycles. The van der Waals surface area contributed by atoms with Gasteiger partial charge in [-0.1, -0.05) is 20.8 Å². The number of rotatable bonds is 3. The van der Waals surface area contributed by atoms with Crippen molar-refractivity contribution in [3.8, 4) is 0 Å². The van der Waals surface area contributed by atoms with E-state index in [1.54, 1.807) is 11.0 Å². The summed E-state index contributed by atoms with van der Waals surface area (Å²) in [6.07, 6.45) is 0.489. The Morgan fingerprint density at radius 1 is 1.17 bits per heavy atom. The molecule has 0 aliphatic carbocycles. The standard InChI is InChI=1S/C16H26N2O3S2/c1-12-10-14(13(2)22-12)23(20,21)18-8-6-17(7-9-18)15(19)11-16(3,4)5/h10H,6-9,11H2,1-5H3. The van der Waals surface area contributed by atoms with E-state index in [-0.39, 0.29) is 11.3 Å². The first-order valence-electron chi connectivity index (χ1n) is 7.86. The first-order valence-corrected chi connectivity index (χ1v) is 10.1. The van der Waals surface area contributed by atoms with E-state index in [0.29, 0.717) is 37.5 Å². The summed E-state index contributed by atoms with van der Waals surface area (Å²) < 4.78 is 27.0. The average molecular weight is 359 g/mol. The lowest BCUT2D eigenvalue weighted by Gasteiger charge is -2.35. The maximum absolute atomic E-state index is 12.8. The van der Waals surface area contributed by atoms with Crippen LogP contribution >= 0.6 is 11.3 Å². The van der Waals surface area contributed by atoms with Gasteiger partial charge in [0.05, 0.1) is 4.90 Å². The molecule has 2 heterocycles. The Labute approximate surface area is 143 Å². The highest BCUT2D eigenvalue weighted by atomic mass is 32.2. The summed E-state index contributed by atoms with van der Waals surface area (Å²) in [6.45, 7) is 11.5. The summed E-state index contributed by atoms with van der Waals surface area (Å²) in [4.78, 5) is 16.3. The summed E-state index contributed by atoms with van der Waals surface area (Å²) in [6, 6.07) is 1.74. The van der Waals surface area contributed by atoms with Crippen LogP contribution in [0.15, 0.2) is 11.0 Å². The van der Waals surface area contributed by atoms with E-state index in [4.69, 9.17) is 0 Å². The van der Waals surface area contributed by atoms with Crippen molar-refractivity contribution < 1.29 is 13.2 Å². The van der Waals surface area contributed by atoms with Gasteiger partial charge in [0.15, 0.2) is 0 Å². The molecule has 23 heavy (non-hydrogen) atoms. The van der Waals surface area contributed by atoms with Gasteiger partial charge in [-0.3, -0.25) is 4.79 Å². The molecule has 1 aromatic rings. The van der Waals surface area contributed by atoms with Crippen LogP contribution in [0, 0.1) is 19.3 Å². The van der Waals surface area contributed by atoms with E-state index < -0.39 is 10.0 Å². The molecule has 0 aromatic carbocycles. The van der Waals surface area contributed by atoms with Gasteiger partial charge in [0.25, 0.3) is 0 Å². The largest absolute Gasteiger partial charge is 0.340 e. The molecule has 1 aliphatic heterocycles. The minimum Gasteiger partial charge on any atom is -0.340 e. The van der Waals surface area contributed by atoms with Gasteiger partial charge < -0.3 is 4.90 Å². The second-order valence-corrected chi connectivity index (χ2v) is 10.7. The number of hydrogen-bond acceptors (Lipinski definition) is 4. The summed E-state index contributed by atoms with van der Waals surface area (Å²) in [7, 11) is -3.45. The quantitative estimate of drug-likeness (QED) is 0.835. The molecule has 0 N–H and O–H groups in total. The molecule has 0 atom stereocenters. The highest BCUT2D eigenvalue weighted by Gasteiger charge is 2.32. The number of amides is 1. The maximum atomic E-state index is 12.8. The molecule has 0 bridgehead atoms. The predicted molar refractivity (Wildman–Crippen MR) is 93.2 cm³/mol. The van der Waals surface area contributed by atoms with Crippen LogP contribution in [0.5, 0.6) is 0 Å². The normalized spacial score (nSPS) is 17.5. The van der Waals surface area contributed by atoms with Crippen molar-refractivity contribution >= 4 is 27.3 Å². The fourth-order valence-corrected chi connectivity index (χ4v) is 5.69. The second kappa shape index (κ2) is 6.53. The van der Waals surface area contributed by atoms with Crippen molar-refractivity contribution in [2.24, 2.45) is 5.41 Å². The number of nitrogens with zero attached hydrogens (tertiary/aromatic N) is 2. The third kappa shape index (κ3) is 4.33. The third-order valence-corrected chi connectivity index (χ3v) is 7.01. The SMILES string of the molecule is Cc1cc(S(=O)(=O)N2CCN(C(=O)CC(C)(C)C)CC2)c(C)s1. The van der Waals surface area contributed by atoms with Crippen LogP contribution in [0.3, 0.4) is 0 Å². The van der Waals surface area contributed by atoms with Crippen LogP contribution in [-0.2, 0) is 14.8 Å². The molecule has 1 aliphatic rings. The van der Waals surface area contributed by atoms with Crippen molar-refractivity contribution in [2.45, 2.75) is 45.9 Å². The lowest BCUT2D eigenvalue weighted by Crippen LogP contribution is -2.51. The van der Waals surface area contributed by atoms with Crippen molar-refractivity contribution in [3.05, 3.63) is 15.8 Å². The second-order valence-electron chi connectivity index (χ2n) is 7.30. The first-order chi connectivity index (χ1) is 10.5. The Hall–Kier alpha value is -0.920. The lowest BCUT2D eigenvalue weighted by atomic mass is 9.91. The van der Waals surface area contributed by atoms with Gasteiger partial charge in [-0.2, -0.15) is 4.31 Å². The zero-order valence-corrected chi connectivity index (χ0v) is 16.2. The summed E-state index contributed by atoms with van der Waals surface area (Å²) >= 11 is 1.50. The molecule has 0 radical (unpaired) electrons. The van der Waals surface area contributed by atoms with Gasteiger partial charge in [-0.05, 0) is 25.3 Å². The Balaban J connectivity index is 2.04. The topological polar surface area (TPSA) is 57.7 Å². The van der Waals surface area contributed by atoms with E-state index in [2.05, 4.69) is 0 Å². The van der Waals surface area contributed by atoms with Gasteiger partial charge >= 0.3 is 0 Å². The number of carbonyl (C=O) groups excluding carboxylic acids is 1. The highest BCUT2D eigenvalue weighted by Crippen LogP contribution is 2.28. The van der Waals surface area contributed by atoms with E-state index in [1.807, 2.05) is 34.6 Å². The van der Waals surface area contributed by atoms with Gasteiger partial charge in [0, 0.05) is 42.4 Å². The molecule has 0 spiro atoms. The molecular weight excluding hydrogens is 332 g/mol. The Morgan fingerprint density at radius 3 is 2.17 bits per heavy atom. The van der Waals surface area contributed by atoms with Crippen LogP contribution in [0.25, 0.3) is 0 Å². The Morgan fingerprint density at radius 2 is 1.74 bits per heavy atom. The maximum Gasteiger partial charge on any atom is 0.244 e. The van der Waals surface area contributed by atoms with Crippen LogP contribution < -0.4 is 0 Å². The fraction of sp³-hybridized carbons (Fsp3) is 0.688. The molecule has 5 nitrogen and oxygen atoms in total. The molecule has 7 heteroatoms. The zero-order chi connectivity index (χ0) is 17.4. The van der Waals surface area contributed by atoms with Crippen LogP contribution in [0.2, 0.25) is 0 Å². The third-order valence-electron chi connectivity index (χ3n) is 3.89. The van der Waals surface area contributed by atoms with Gasteiger partial charge in [0.1, 0.15) is 0 Å². The van der Waals surface area contributed by atoms with E-state index in [1.165, 1.54) is 15.6 Å². The number of thiophene rings is 1.